The highest BCUT2D eigenvalue weighted by Crippen LogP contribution is 2.16. The van der Waals surface area contributed by atoms with Crippen LogP contribution in [0.3, 0.4) is 0 Å². The van der Waals surface area contributed by atoms with Crippen molar-refractivity contribution in [3.63, 3.8) is 0 Å². The average molecular weight is 400 g/mol. The highest BCUT2D eigenvalue weighted by atomic mass is 32.2. The van der Waals surface area contributed by atoms with Crippen molar-refractivity contribution in [1.29, 1.82) is 0 Å². The number of allylic oxidation sites excluding steroid dienone is 1. The summed E-state index contributed by atoms with van der Waals surface area (Å²) in [5.41, 5.74) is 0.559. The predicted molar refractivity (Wildman–Crippen MR) is 116 cm³/mol. The number of thioether (sulfide) groups is 1. The Labute approximate surface area is 169 Å². The first kappa shape index (κ1) is 21.4. The summed E-state index contributed by atoms with van der Waals surface area (Å²) in [6.45, 7) is 8.78. The van der Waals surface area contributed by atoms with Gasteiger partial charge in [0.05, 0.1) is 11.9 Å². The van der Waals surface area contributed by atoms with Crippen molar-refractivity contribution < 1.29 is 4.79 Å². The van der Waals surface area contributed by atoms with Crippen LogP contribution >= 0.6 is 11.8 Å². The van der Waals surface area contributed by atoms with E-state index in [-0.39, 0.29) is 5.91 Å². The molecule has 28 heavy (non-hydrogen) atoms. The largest absolute Gasteiger partial charge is 0.370 e. The molecule has 0 radical (unpaired) electrons. The number of hydrogen-bond acceptors (Lipinski definition) is 8. The fourth-order valence-electron chi connectivity index (χ4n) is 2.24. The second kappa shape index (κ2) is 11.0. The second-order valence-electron chi connectivity index (χ2n) is 6.01. The van der Waals surface area contributed by atoms with E-state index in [2.05, 4.69) is 44.3 Å². The third kappa shape index (κ3) is 6.34. The van der Waals surface area contributed by atoms with Gasteiger partial charge in [-0.1, -0.05) is 13.0 Å². The normalized spacial score (nSPS) is 11.8. The number of amides is 1. The van der Waals surface area contributed by atoms with Crippen molar-refractivity contribution in [2.75, 3.05) is 35.0 Å². The van der Waals surface area contributed by atoms with Crippen molar-refractivity contribution in [2.45, 2.75) is 18.7 Å². The first-order valence-corrected chi connectivity index (χ1v) is 10.0. The third-order valence-electron chi connectivity index (χ3n) is 3.76. The molecule has 2 N–H and O–H groups in total. The van der Waals surface area contributed by atoms with Crippen molar-refractivity contribution >= 4 is 41.8 Å². The lowest BCUT2D eigenvalue weighted by Crippen LogP contribution is -2.23. The fourth-order valence-corrected chi connectivity index (χ4v) is 2.55. The zero-order chi connectivity index (χ0) is 20.4. The molecule has 2 aromatic heterocycles. The zero-order valence-corrected chi connectivity index (χ0v) is 17.1. The standard InChI is InChI=1S/C19H25N7OS/c1-5-6-18(27)26(20-3)15-7-8-17(22-11-15)21-9-14(2)10-23-19-24-12-16(28-4)13-25-19/h5-8,11-14H,3,9-10H2,1-2,4H3,(H,21,22)(H,23,24,25)/b6-5-. The van der Waals surface area contributed by atoms with Gasteiger partial charge in [-0.15, -0.1) is 11.8 Å². The SMILES string of the molecule is C=NN(C(=O)/C=C\C)c1ccc(NCC(C)CNc2ncc(SC)cn2)nc1. The molecule has 0 saturated heterocycles. The monoisotopic (exact) mass is 399 g/mol. The van der Waals surface area contributed by atoms with Crippen LogP contribution in [0, 0.1) is 5.92 Å². The van der Waals surface area contributed by atoms with E-state index in [1.165, 1.54) is 11.1 Å². The molecule has 0 aliphatic carbocycles. The molecule has 1 atom stereocenters. The summed E-state index contributed by atoms with van der Waals surface area (Å²) in [6.07, 6.45) is 10.3. The number of carbonyl (C=O) groups excluding carboxylic acids is 1. The molecule has 1 amide bonds. The lowest BCUT2D eigenvalue weighted by atomic mass is 10.2. The number of rotatable bonds is 10. The summed E-state index contributed by atoms with van der Waals surface area (Å²) in [4.78, 5) is 25.9. The smallest absolute Gasteiger partial charge is 0.271 e. The molecular weight excluding hydrogens is 374 g/mol. The van der Waals surface area contributed by atoms with Gasteiger partial charge < -0.3 is 10.6 Å². The van der Waals surface area contributed by atoms with Crippen molar-refractivity contribution in [3.05, 3.63) is 42.9 Å². The minimum atomic E-state index is -0.271. The molecule has 148 valence electrons. The van der Waals surface area contributed by atoms with Crippen LogP contribution in [-0.2, 0) is 4.79 Å². The summed E-state index contributed by atoms with van der Waals surface area (Å²) >= 11 is 1.61. The number of nitrogens with one attached hydrogen (secondary N) is 2. The van der Waals surface area contributed by atoms with Gasteiger partial charge in [0, 0.05) is 43.2 Å². The molecule has 0 bridgehead atoms. The highest BCUT2D eigenvalue weighted by Gasteiger charge is 2.11. The summed E-state index contributed by atoms with van der Waals surface area (Å²) in [7, 11) is 0. The van der Waals surface area contributed by atoms with Gasteiger partial charge >= 0.3 is 0 Å². The Kier molecular flexibility index (Phi) is 8.41. The van der Waals surface area contributed by atoms with Crippen LogP contribution in [0.2, 0.25) is 0 Å². The van der Waals surface area contributed by atoms with Gasteiger partial charge in [0.15, 0.2) is 0 Å². The number of hydrogen-bond donors (Lipinski definition) is 2. The molecule has 0 aliphatic rings. The van der Waals surface area contributed by atoms with Crippen LogP contribution in [0.25, 0.3) is 0 Å². The van der Waals surface area contributed by atoms with Gasteiger partial charge in [0.1, 0.15) is 5.82 Å². The van der Waals surface area contributed by atoms with Crippen LogP contribution in [0.1, 0.15) is 13.8 Å². The quantitative estimate of drug-likeness (QED) is 0.274. The fraction of sp³-hybridized carbons (Fsp3) is 0.316. The van der Waals surface area contributed by atoms with Crippen LogP contribution in [0.4, 0.5) is 17.5 Å². The van der Waals surface area contributed by atoms with E-state index in [9.17, 15) is 4.79 Å². The molecule has 2 rings (SSSR count). The molecule has 0 aliphatic heterocycles. The maximum absolute atomic E-state index is 11.9. The molecule has 1 unspecified atom stereocenters. The Balaban J connectivity index is 1.83. The van der Waals surface area contributed by atoms with E-state index < -0.39 is 0 Å². The van der Waals surface area contributed by atoms with E-state index >= 15 is 0 Å². The number of aromatic nitrogens is 3. The molecule has 8 nitrogen and oxygen atoms in total. The molecule has 2 heterocycles. The minimum Gasteiger partial charge on any atom is -0.370 e. The lowest BCUT2D eigenvalue weighted by Gasteiger charge is -2.16. The molecule has 9 heteroatoms. The Morgan fingerprint density at radius 3 is 2.54 bits per heavy atom. The molecule has 2 aromatic rings. The maximum atomic E-state index is 11.9. The highest BCUT2D eigenvalue weighted by molar-refractivity contribution is 7.98. The number of hydrazone groups is 1. The van der Waals surface area contributed by atoms with E-state index in [0.717, 1.165) is 23.8 Å². The Morgan fingerprint density at radius 1 is 1.25 bits per heavy atom. The van der Waals surface area contributed by atoms with Gasteiger partial charge in [-0.25, -0.2) is 15.0 Å². The van der Waals surface area contributed by atoms with Crippen LogP contribution < -0.4 is 15.6 Å². The first-order chi connectivity index (χ1) is 13.6. The number of nitrogens with zero attached hydrogens (tertiary/aromatic N) is 5. The third-order valence-corrected chi connectivity index (χ3v) is 4.44. The van der Waals surface area contributed by atoms with Crippen molar-refractivity contribution in [2.24, 2.45) is 11.0 Å². The van der Waals surface area contributed by atoms with Crippen molar-refractivity contribution in [3.8, 4) is 0 Å². The molecule has 0 saturated carbocycles. The van der Waals surface area contributed by atoms with Gasteiger partial charge in [0.2, 0.25) is 5.95 Å². The number of anilines is 3. The van der Waals surface area contributed by atoms with Gasteiger partial charge in [-0.2, -0.15) is 10.1 Å². The number of pyridine rings is 1. The Morgan fingerprint density at radius 2 is 1.96 bits per heavy atom. The van der Waals surface area contributed by atoms with Crippen LogP contribution in [0.15, 0.2) is 52.9 Å². The topological polar surface area (TPSA) is 95.4 Å². The van der Waals surface area contributed by atoms with Gasteiger partial charge in [0.25, 0.3) is 5.91 Å². The first-order valence-electron chi connectivity index (χ1n) is 8.80. The number of carbonyl (C=O) groups is 1. The van der Waals surface area contributed by atoms with E-state index in [0.29, 0.717) is 17.6 Å². The lowest BCUT2D eigenvalue weighted by molar-refractivity contribution is -0.114. The maximum Gasteiger partial charge on any atom is 0.271 e. The molecule has 0 spiro atoms. The predicted octanol–water partition coefficient (Wildman–Crippen LogP) is 3.28. The van der Waals surface area contributed by atoms with Gasteiger partial charge in [-0.3, -0.25) is 4.79 Å². The van der Waals surface area contributed by atoms with E-state index in [1.807, 2.05) is 6.26 Å². The van der Waals surface area contributed by atoms with E-state index in [4.69, 9.17) is 0 Å². The summed E-state index contributed by atoms with van der Waals surface area (Å²) in [5, 5.41) is 11.5. The van der Waals surface area contributed by atoms with Crippen molar-refractivity contribution in [1.82, 2.24) is 15.0 Å². The summed E-state index contributed by atoms with van der Waals surface area (Å²) in [6, 6.07) is 3.58. The van der Waals surface area contributed by atoms with Gasteiger partial charge in [-0.05, 0) is 31.2 Å². The van der Waals surface area contributed by atoms with E-state index in [1.54, 1.807) is 55.5 Å². The molecule has 0 fully saturated rings. The molecular formula is C19H25N7OS. The summed E-state index contributed by atoms with van der Waals surface area (Å²) < 4.78 is 0. The Bertz CT molecular complexity index is 793. The minimum absolute atomic E-state index is 0.271. The molecule has 0 aromatic carbocycles. The zero-order valence-electron chi connectivity index (χ0n) is 16.3. The van der Waals surface area contributed by atoms with Crippen LogP contribution in [-0.4, -0.2) is 46.9 Å². The average Bonchev–Trinajstić information content (AvgIpc) is 2.72. The second-order valence-corrected chi connectivity index (χ2v) is 6.89. The van der Waals surface area contributed by atoms with Crippen LogP contribution in [0.5, 0.6) is 0 Å². The Hall–Kier alpha value is -2.94. The summed E-state index contributed by atoms with van der Waals surface area (Å²) in [5.74, 6) is 1.40.